The van der Waals surface area contributed by atoms with Crippen LogP contribution in [-0.2, 0) is 11.3 Å². The molecule has 0 aliphatic rings. The largest absolute Gasteiger partial charge is 0.487 e. The summed E-state index contributed by atoms with van der Waals surface area (Å²) in [7, 11) is 0. The molecule has 1 amide bonds. The van der Waals surface area contributed by atoms with E-state index in [1.807, 2.05) is 41.4 Å². The molecule has 5 nitrogen and oxygen atoms in total. The van der Waals surface area contributed by atoms with Gasteiger partial charge in [-0.2, -0.15) is 4.57 Å². The molecule has 0 saturated carbocycles. The lowest BCUT2D eigenvalue weighted by Crippen LogP contribution is -2.30. The number of ether oxygens (including phenoxy) is 2. The van der Waals surface area contributed by atoms with Gasteiger partial charge in [0.25, 0.3) is 5.91 Å². The summed E-state index contributed by atoms with van der Waals surface area (Å²) < 4.78 is 27.9. The smallest absolute Gasteiger partial charge is 0.262 e. The number of hydrogen-bond donors (Lipinski definition) is 1. The highest BCUT2D eigenvalue weighted by Gasteiger charge is 2.13. The van der Waals surface area contributed by atoms with Crippen LogP contribution >= 0.6 is 11.3 Å². The zero-order valence-electron chi connectivity index (χ0n) is 23.3. The van der Waals surface area contributed by atoms with E-state index >= 15 is 0 Å². The monoisotopic (exact) mass is 555 g/mol. The SMILES string of the molecule is CCCCCCCCCCCCCCOc1c(F)cccc1OCC(=O)Nc1cccc(C[n+]2ccsc2)c1. The predicted molar refractivity (Wildman–Crippen MR) is 157 cm³/mol. The van der Waals surface area contributed by atoms with Gasteiger partial charge in [-0.1, -0.05) is 107 Å². The van der Waals surface area contributed by atoms with Crippen molar-refractivity contribution in [1.29, 1.82) is 0 Å². The van der Waals surface area contributed by atoms with Gasteiger partial charge < -0.3 is 14.8 Å². The third-order valence-corrected chi connectivity index (χ3v) is 7.31. The van der Waals surface area contributed by atoms with E-state index in [0.29, 0.717) is 12.3 Å². The van der Waals surface area contributed by atoms with Crippen LogP contribution in [0.1, 0.15) is 89.5 Å². The molecule has 0 aliphatic heterocycles. The maximum Gasteiger partial charge on any atom is 0.262 e. The second-order valence-corrected chi connectivity index (χ2v) is 10.8. The van der Waals surface area contributed by atoms with Gasteiger partial charge in [0, 0.05) is 11.3 Å². The van der Waals surface area contributed by atoms with Crippen LogP contribution in [0.3, 0.4) is 0 Å². The number of halogens is 1. The summed E-state index contributed by atoms with van der Waals surface area (Å²) in [6.45, 7) is 3.18. The summed E-state index contributed by atoms with van der Waals surface area (Å²) >= 11 is 1.63. The molecule has 0 bridgehead atoms. The Balaban J connectivity index is 1.33. The number of anilines is 1. The number of thiazole rings is 1. The van der Waals surface area contributed by atoms with E-state index in [1.54, 1.807) is 23.5 Å². The number of para-hydroxylation sites is 1. The fourth-order valence-electron chi connectivity index (χ4n) is 4.51. The topological polar surface area (TPSA) is 51.4 Å². The molecule has 0 radical (unpaired) electrons. The first-order valence-corrected chi connectivity index (χ1v) is 15.4. The number of carbonyl (C=O) groups is 1. The average Bonchev–Trinajstić information content (AvgIpc) is 3.44. The number of unbranched alkanes of at least 4 members (excludes halogenated alkanes) is 11. The Morgan fingerprint density at radius 1 is 0.897 bits per heavy atom. The molecule has 7 heteroatoms. The number of nitrogens with zero attached hydrogens (tertiary/aromatic N) is 1. The van der Waals surface area contributed by atoms with Crippen molar-refractivity contribution in [1.82, 2.24) is 0 Å². The molecule has 39 heavy (non-hydrogen) atoms. The maximum absolute atomic E-state index is 14.5. The van der Waals surface area contributed by atoms with Crippen LogP contribution in [0, 0.1) is 5.82 Å². The van der Waals surface area contributed by atoms with Crippen LogP contribution in [0.15, 0.2) is 59.6 Å². The minimum Gasteiger partial charge on any atom is -0.487 e. The van der Waals surface area contributed by atoms with Gasteiger partial charge in [-0.15, -0.1) is 0 Å². The van der Waals surface area contributed by atoms with Gasteiger partial charge in [0.05, 0.1) is 12.0 Å². The lowest BCUT2D eigenvalue weighted by Gasteiger charge is -2.13. The molecular formula is C32H44FN2O3S+. The molecule has 1 aromatic heterocycles. The van der Waals surface area contributed by atoms with Crippen molar-refractivity contribution in [3.63, 3.8) is 0 Å². The molecule has 2 aromatic carbocycles. The van der Waals surface area contributed by atoms with E-state index in [4.69, 9.17) is 9.47 Å². The average molecular weight is 556 g/mol. The Bertz CT molecular complexity index is 1090. The fourth-order valence-corrected chi connectivity index (χ4v) is 5.11. The predicted octanol–water partition coefficient (Wildman–Crippen LogP) is 8.32. The number of amides is 1. The standard InChI is InChI=1S/C32H43FN2O3S/c1-2-3-4-5-6-7-8-9-10-11-12-13-21-37-32-29(33)18-15-19-30(32)38-25-31(36)34-28-17-14-16-27(23-28)24-35-20-22-39-26-35/h14-20,22-23,26H,2-13,21,24-25H2,1H3/p+1. The molecule has 0 fully saturated rings. The third kappa shape index (κ3) is 12.2. The van der Waals surface area contributed by atoms with E-state index in [2.05, 4.69) is 16.8 Å². The van der Waals surface area contributed by atoms with Gasteiger partial charge >= 0.3 is 0 Å². The zero-order chi connectivity index (χ0) is 27.5. The summed E-state index contributed by atoms with van der Waals surface area (Å²) in [6, 6.07) is 12.2. The van der Waals surface area contributed by atoms with Crippen LogP contribution < -0.4 is 19.4 Å². The molecule has 0 spiro atoms. The van der Waals surface area contributed by atoms with Gasteiger partial charge in [0.2, 0.25) is 5.51 Å². The van der Waals surface area contributed by atoms with Crippen molar-refractivity contribution < 1.29 is 23.2 Å². The number of hydrogen-bond acceptors (Lipinski definition) is 4. The Kier molecular flexibility index (Phi) is 14.4. The summed E-state index contributed by atoms with van der Waals surface area (Å²) in [5, 5.41) is 4.88. The molecule has 0 unspecified atom stereocenters. The lowest BCUT2D eigenvalue weighted by atomic mass is 10.1. The first-order valence-electron chi connectivity index (χ1n) is 14.5. The first-order chi connectivity index (χ1) is 19.2. The highest BCUT2D eigenvalue weighted by Crippen LogP contribution is 2.30. The molecule has 1 N–H and O–H groups in total. The van der Waals surface area contributed by atoms with Crippen LogP contribution in [-0.4, -0.2) is 19.1 Å². The van der Waals surface area contributed by atoms with Gasteiger partial charge in [0.15, 0.2) is 36.7 Å². The highest BCUT2D eigenvalue weighted by atomic mass is 32.1. The van der Waals surface area contributed by atoms with Gasteiger partial charge in [-0.05, 0) is 30.7 Å². The van der Waals surface area contributed by atoms with E-state index in [1.165, 1.54) is 70.3 Å². The second kappa shape index (κ2) is 18.4. The van der Waals surface area contributed by atoms with Crippen LogP contribution in [0.5, 0.6) is 11.5 Å². The van der Waals surface area contributed by atoms with E-state index in [0.717, 1.165) is 24.9 Å². The second-order valence-electron chi connectivity index (χ2n) is 10.0. The highest BCUT2D eigenvalue weighted by molar-refractivity contribution is 7.07. The van der Waals surface area contributed by atoms with Crippen molar-refractivity contribution in [2.75, 3.05) is 18.5 Å². The van der Waals surface area contributed by atoms with E-state index < -0.39 is 5.82 Å². The number of nitrogens with one attached hydrogen (secondary N) is 1. The summed E-state index contributed by atoms with van der Waals surface area (Å²) in [4.78, 5) is 12.5. The summed E-state index contributed by atoms with van der Waals surface area (Å²) in [6.07, 6.45) is 17.1. The molecule has 212 valence electrons. The van der Waals surface area contributed by atoms with Crippen LogP contribution in [0.2, 0.25) is 0 Å². The van der Waals surface area contributed by atoms with Crippen molar-refractivity contribution >= 4 is 22.9 Å². The van der Waals surface area contributed by atoms with Crippen LogP contribution in [0.4, 0.5) is 10.1 Å². The van der Waals surface area contributed by atoms with Crippen molar-refractivity contribution in [3.05, 3.63) is 70.9 Å². The van der Waals surface area contributed by atoms with Crippen molar-refractivity contribution in [2.24, 2.45) is 0 Å². The Morgan fingerprint density at radius 2 is 1.59 bits per heavy atom. The Hall–Kier alpha value is -2.93. The fraction of sp³-hybridized carbons (Fsp3) is 0.500. The number of aromatic nitrogens is 1. The van der Waals surface area contributed by atoms with Crippen molar-refractivity contribution in [2.45, 2.75) is 90.5 Å². The molecule has 0 atom stereocenters. The van der Waals surface area contributed by atoms with Gasteiger partial charge in [-0.25, -0.2) is 4.39 Å². The van der Waals surface area contributed by atoms with Gasteiger partial charge in [-0.3, -0.25) is 4.79 Å². The number of carbonyl (C=O) groups excluding carboxylic acids is 1. The minimum absolute atomic E-state index is 0.0724. The lowest BCUT2D eigenvalue weighted by molar-refractivity contribution is -0.683. The van der Waals surface area contributed by atoms with Crippen LogP contribution in [0.25, 0.3) is 0 Å². The minimum atomic E-state index is -0.481. The molecular weight excluding hydrogens is 511 g/mol. The van der Waals surface area contributed by atoms with E-state index in [-0.39, 0.29) is 24.0 Å². The van der Waals surface area contributed by atoms with Crippen molar-refractivity contribution in [3.8, 4) is 11.5 Å². The Morgan fingerprint density at radius 3 is 2.28 bits per heavy atom. The normalized spacial score (nSPS) is 10.9. The quantitative estimate of drug-likeness (QED) is 0.113. The van der Waals surface area contributed by atoms with Gasteiger partial charge in [0.1, 0.15) is 0 Å². The zero-order valence-corrected chi connectivity index (χ0v) is 24.2. The summed E-state index contributed by atoms with van der Waals surface area (Å²) in [5.41, 5.74) is 3.81. The number of benzene rings is 2. The Labute approximate surface area is 237 Å². The molecule has 0 saturated heterocycles. The third-order valence-electron chi connectivity index (χ3n) is 6.64. The maximum atomic E-state index is 14.5. The molecule has 3 aromatic rings. The molecule has 0 aliphatic carbocycles. The number of rotatable bonds is 20. The van der Waals surface area contributed by atoms with E-state index in [9.17, 15) is 9.18 Å². The molecule has 3 rings (SSSR count). The first kappa shape index (κ1) is 30.6. The molecule has 1 heterocycles. The summed E-state index contributed by atoms with van der Waals surface area (Å²) in [5.74, 6) is -0.480.